The maximum absolute atomic E-state index is 6.37. The summed E-state index contributed by atoms with van der Waals surface area (Å²) in [6.45, 7) is 5.46. The second-order valence-corrected chi connectivity index (χ2v) is 7.40. The third-order valence-corrected chi connectivity index (χ3v) is 5.28. The van der Waals surface area contributed by atoms with Crippen LogP contribution in [0, 0.1) is 0 Å². The van der Waals surface area contributed by atoms with Crippen molar-refractivity contribution in [3.05, 3.63) is 71.8 Å². The van der Waals surface area contributed by atoms with Crippen LogP contribution in [-0.4, -0.2) is 44.2 Å². The normalized spacial score (nSPS) is 30.1. The number of hydrogen-bond acceptors (Lipinski definition) is 5. The Morgan fingerprint density at radius 3 is 2.07 bits per heavy atom. The van der Waals surface area contributed by atoms with Crippen molar-refractivity contribution in [2.24, 2.45) is 0 Å². The molecule has 2 heterocycles. The van der Waals surface area contributed by atoms with Gasteiger partial charge in [-0.2, -0.15) is 0 Å². The lowest BCUT2D eigenvalue weighted by Gasteiger charge is -2.48. The molecular weight excluding hydrogens is 355 g/mol. The number of hydrogen-bond donors (Lipinski definition) is 0. The van der Waals surface area contributed by atoms with E-state index in [0.717, 1.165) is 11.1 Å². The molecule has 0 aromatic heterocycles. The molecule has 0 spiro atoms. The zero-order valence-electron chi connectivity index (χ0n) is 16.4. The van der Waals surface area contributed by atoms with Crippen LogP contribution in [0.25, 0.3) is 0 Å². The Labute approximate surface area is 167 Å². The van der Waals surface area contributed by atoms with Gasteiger partial charge in [-0.25, -0.2) is 0 Å². The Morgan fingerprint density at radius 1 is 0.893 bits per heavy atom. The minimum atomic E-state index is -0.282. The topological polar surface area (TPSA) is 46.2 Å². The molecule has 2 aromatic carbocycles. The predicted octanol–water partition coefficient (Wildman–Crippen LogP) is 3.48. The second kappa shape index (κ2) is 9.20. The Balaban J connectivity index is 1.50. The van der Waals surface area contributed by atoms with Gasteiger partial charge in [-0.3, -0.25) is 0 Å². The molecule has 2 aliphatic heterocycles. The Hall–Kier alpha value is -1.70. The molecule has 5 atom stereocenters. The molecule has 2 aliphatic rings. The zero-order chi connectivity index (χ0) is 19.3. The quantitative estimate of drug-likeness (QED) is 0.716. The van der Waals surface area contributed by atoms with E-state index in [4.69, 9.17) is 23.5 Å². The van der Waals surface area contributed by atoms with E-state index in [9.17, 15) is 0 Å². The van der Waals surface area contributed by atoms with Crippen LogP contribution >= 0.6 is 0 Å². The Morgan fingerprint density at radius 2 is 1.46 bits per heavy atom. The van der Waals surface area contributed by atoms with Gasteiger partial charge in [-0.05, 0) is 24.9 Å². The molecule has 0 N–H and O–H groups in total. The third-order valence-electron chi connectivity index (χ3n) is 5.28. The standard InChI is InChI=1S/C22H27BO5/c1-16-20(24-13-17-9-5-3-6-10-17)22(25-14-18-11-7-4-8-12-18)21-19(27-16)15-26-23(2)28-21/h3-12,16,19-22H,13-15H2,1-2H3/t16-,19?,20?,21+,22+/m0/s1. The van der Waals surface area contributed by atoms with Crippen LogP contribution in [-0.2, 0) is 36.7 Å². The molecule has 4 rings (SSSR count). The largest absolute Gasteiger partial charge is 0.454 e. The van der Waals surface area contributed by atoms with Gasteiger partial charge in [0.15, 0.2) is 0 Å². The fourth-order valence-electron chi connectivity index (χ4n) is 3.84. The minimum Gasteiger partial charge on any atom is -0.408 e. The molecule has 2 aromatic rings. The van der Waals surface area contributed by atoms with Crippen molar-refractivity contribution >= 4 is 7.12 Å². The van der Waals surface area contributed by atoms with Gasteiger partial charge < -0.3 is 23.5 Å². The number of ether oxygens (including phenoxy) is 3. The van der Waals surface area contributed by atoms with Crippen molar-refractivity contribution < 1.29 is 23.5 Å². The number of fused-ring (bicyclic) bond motifs is 1. The first-order chi connectivity index (χ1) is 13.7. The fraction of sp³-hybridized carbons (Fsp3) is 0.455. The summed E-state index contributed by atoms with van der Waals surface area (Å²) < 4.78 is 30.5. The van der Waals surface area contributed by atoms with Gasteiger partial charge in [0.05, 0.1) is 32.0 Å². The van der Waals surface area contributed by atoms with Gasteiger partial charge in [0.1, 0.15) is 18.3 Å². The summed E-state index contributed by atoms with van der Waals surface area (Å²) in [5, 5.41) is 0. The van der Waals surface area contributed by atoms with Crippen LogP contribution in [0.15, 0.2) is 60.7 Å². The molecule has 0 radical (unpaired) electrons. The van der Waals surface area contributed by atoms with Crippen molar-refractivity contribution in [3.8, 4) is 0 Å². The van der Waals surface area contributed by atoms with E-state index < -0.39 is 0 Å². The van der Waals surface area contributed by atoms with E-state index in [1.807, 2.05) is 50.1 Å². The van der Waals surface area contributed by atoms with E-state index >= 15 is 0 Å². The van der Waals surface area contributed by atoms with Crippen LogP contribution in [0.3, 0.4) is 0 Å². The van der Waals surface area contributed by atoms with Crippen molar-refractivity contribution in [3.63, 3.8) is 0 Å². The molecule has 6 heteroatoms. The molecule has 148 valence electrons. The van der Waals surface area contributed by atoms with E-state index in [-0.39, 0.29) is 37.6 Å². The Kier molecular flexibility index (Phi) is 6.45. The molecule has 28 heavy (non-hydrogen) atoms. The van der Waals surface area contributed by atoms with E-state index in [0.29, 0.717) is 19.8 Å². The highest BCUT2D eigenvalue weighted by Crippen LogP contribution is 2.32. The molecule has 0 bridgehead atoms. The monoisotopic (exact) mass is 382 g/mol. The third kappa shape index (κ3) is 4.65. The Bertz CT molecular complexity index is 728. The molecule has 2 fully saturated rings. The van der Waals surface area contributed by atoms with Gasteiger partial charge >= 0.3 is 7.12 Å². The molecule has 2 unspecified atom stereocenters. The highest BCUT2D eigenvalue weighted by atomic mass is 16.7. The fourth-order valence-corrected chi connectivity index (χ4v) is 3.84. The second-order valence-electron chi connectivity index (χ2n) is 7.40. The zero-order valence-corrected chi connectivity index (χ0v) is 16.4. The molecule has 0 aliphatic carbocycles. The van der Waals surface area contributed by atoms with E-state index in [1.54, 1.807) is 0 Å². The molecule has 5 nitrogen and oxygen atoms in total. The summed E-state index contributed by atoms with van der Waals surface area (Å²) in [6, 6.07) is 20.3. The summed E-state index contributed by atoms with van der Waals surface area (Å²) in [5.74, 6) is 0. The first-order valence-corrected chi connectivity index (χ1v) is 9.94. The summed E-state index contributed by atoms with van der Waals surface area (Å²) in [7, 11) is -0.282. The lowest BCUT2D eigenvalue weighted by Crippen LogP contribution is -2.63. The molecule has 0 amide bonds. The van der Waals surface area contributed by atoms with E-state index in [2.05, 4.69) is 24.3 Å². The van der Waals surface area contributed by atoms with Gasteiger partial charge in [-0.1, -0.05) is 60.7 Å². The van der Waals surface area contributed by atoms with Crippen LogP contribution in [0.2, 0.25) is 6.82 Å². The van der Waals surface area contributed by atoms with Gasteiger partial charge in [-0.15, -0.1) is 0 Å². The van der Waals surface area contributed by atoms with Gasteiger partial charge in [0, 0.05) is 0 Å². The lowest BCUT2D eigenvalue weighted by molar-refractivity contribution is -0.259. The number of benzene rings is 2. The van der Waals surface area contributed by atoms with Crippen molar-refractivity contribution in [1.82, 2.24) is 0 Å². The highest BCUT2D eigenvalue weighted by molar-refractivity contribution is 6.42. The lowest BCUT2D eigenvalue weighted by atomic mass is 9.86. The number of rotatable bonds is 6. The first kappa shape index (κ1) is 19.6. The van der Waals surface area contributed by atoms with Gasteiger partial charge in [0.25, 0.3) is 0 Å². The average molecular weight is 382 g/mol. The maximum atomic E-state index is 6.37. The summed E-state index contributed by atoms with van der Waals surface area (Å²) >= 11 is 0. The predicted molar refractivity (Wildman–Crippen MR) is 107 cm³/mol. The van der Waals surface area contributed by atoms with Crippen LogP contribution in [0.5, 0.6) is 0 Å². The first-order valence-electron chi connectivity index (χ1n) is 9.94. The molecule has 2 saturated heterocycles. The summed E-state index contributed by atoms with van der Waals surface area (Å²) in [6.07, 6.45) is -0.946. The smallest absolute Gasteiger partial charge is 0.408 e. The van der Waals surface area contributed by atoms with Crippen LogP contribution in [0.1, 0.15) is 18.1 Å². The van der Waals surface area contributed by atoms with Crippen LogP contribution < -0.4 is 0 Å². The van der Waals surface area contributed by atoms with Crippen LogP contribution in [0.4, 0.5) is 0 Å². The summed E-state index contributed by atoms with van der Waals surface area (Å²) in [4.78, 5) is 0. The van der Waals surface area contributed by atoms with Gasteiger partial charge in [0.2, 0.25) is 0 Å². The highest BCUT2D eigenvalue weighted by Gasteiger charge is 2.49. The van der Waals surface area contributed by atoms with Crippen molar-refractivity contribution in [2.45, 2.75) is 57.5 Å². The molecule has 0 saturated carbocycles. The van der Waals surface area contributed by atoms with Crippen molar-refractivity contribution in [1.29, 1.82) is 0 Å². The minimum absolute atomic E-state index is 0.119. The van der Waals surface area contributed by atoms with E-state index in [1.165, 1.54) is 0 Å². The summed E-state index contributed by atoms with van der Waals surface area (Å²) in [5.41, 5.74) is 2.25. The maximum Gasteiger partial charge on any atom is 0.454 e. The SMILES string of the molecule is CB1OCC2O[C@@H](C)C(OCc3ccccc3)[C@@H](OCc3ccccc3)[C@@H]2O1. The van der Waals surface area contributed by atoms with Crippen molar-refractivity contribution in [2.75, 3.05) is 6.61 Å². The average Bonchev–Trinajstić information content (AvgIpc) is 2.73. The molecular formula is C22H27BO5.